The standard InChI is InChI=1S/C26H53NO/c1-4-7-10-13-16-19-22-25(23-20-17-14-11-8-5-2)27-26(28)24-21-18-15-12-9-6-3/h25H,4-24H2,1-3H3,(H,27,28). The van der Waals surface area contributed by atoms with Crippen molar-refractivity contribution >= 4 is 5.91 Å². The molecule has 0 aliphatic carbocycles. The molecule has 0 aromatic carbocycles. The van der Waals surface area contributed by atoms with Crippen LogP contribution in [0.1, 0.15) is 156 Å². The highest BCUT2D eigenvalue weighted by Gasteiger charge is 2.12. The number of hydrogen-bond acceptors (Lipinski definition) is 1. The lowest BCUT2D eigenvalue weighted by Gasteiger charge is -2.19. The van der Waals surface area contributed by atoms with Crippen molar-refractivity contribution < 1.29 is 4.79 Å². The van der Waals surface area contributed by atoms with E-state index in [1.54, 1.807) is 0 Å². The predicted octanol–water partition coefficient (Wildman–Crippen LogP) is 8.72. The van der Waals surface area contributed by atoms with Crippen LogP contribution >= 0.6 is 0 Å². The number of carbonyl (C=O) groups excluding carboxylic acids is 1. The van der Waals surface area contributed by atoms with Crippen LogP contribution in [0.25, 0.3) is 0 Å². The summed E-state index contributed by atoms with van der Waals surface area (Å²) >= 11 is 0. The molecule has 0 rings (SSSR count). The third-order valence-electron chi connectivity index (χ3n) is 5.93. The molecule has 0 spiro atoms. The smallest absolute Gasteiger partial charge is 0.220 e. The Morgan fingerprint density at radius 3 is 1.32 bits per heavy atom. The van der Waals surface area contributed by atoms with Gasteiger partial charge in [0.15, 0.2) is 0 Å². The highest BCUT2D eigenvalue weighted by molar-refractivity contribution is 5.76. The molecule has 0 bridgehead atoms. The van der Waals surface area contributed by atoms with Crippen LogP contribution in [0.4, 0.5) is 0 Å². The average Bonchev–Trinajstić information content (AvgIpc) is 2.69. The Hall–Kier alpha value is -0.530. The van der Waals surface area contributed by atoms with E-state index in [1.807, 2.05) is 0 Å². The van der Waals surface area contributed by atoms with Gasteiger partial charge in [0.2, 0.25) is 5.91 Å². The van der Waals surface area contributed by atoms with E-state index >= 15 is 0 Å². The number of unbranched alkanes of at least 4 members (excludes halogenated alkanes) is 15. The van der Waals surface area contributed by atoms with Gasteiger partial charge in [-0.2, -0.15) is 0 Å². The second-order valence-corrected chi connectivity index (χ2v) is 8.90. The quantitative estimate of drug-likeness (QED) is 0.182. The van der Waals surface area contributed by atoms with Crippen LogP contribution in [0.3, 0.4) is 0 Å². The second-order valence-electron chi connectivity index (χ2n) is 8.90. The Bertz CT molecular complexity index is 300. The lowest BCUT2D eigenvalue weighted by Crippen LogP contribution is -2.34. The molecule has 168 valence electrons. The summed E-state index contributed by atoms with van der Waals surface area (Å²) in [5.41, 5.74) is 0. The Kier molecular flexibility index (Phi) is 22.3. The number of nitrogens with one attached hydrogen (secondary N) is 1. The van der Waals surface area contributed by atoms with Gasteiger partial charge in [-0.3, -0.25) is 4.79 Å². The molecule has 0 unspecified atom stereocenters. The molecular formula is C26H53NO. The first kappa shape index (κ1) is 27.5. The van der Waals surface area contributed by atoms with Crippen molar-refractivity contribution in [2.24, 2.45) is 0 Å². The van der Waals surface area contributed by atoms with Gasteiger partial charge in [0.25, 0.3) is 0 Å². The summed E-state index contributed by atoms with van der Waals surface area (Å²) in [5, 5.41) is 3.38. The Morgan fingerprint density at radius 1 is 0.536 bits per heavy atom. The van der Waals surface area contributed by atoms with Crippen LogP contribution in [0, 0.1) is 0 Å². The summed E-state index contributed by atoms with van der Waals surface area (Å²) in [4.78, 5) is 12.4. The first-order chi connectivity index (χ1) is 13.7. The molecule has 1 N–H and O–H groups in total. The molecule has 1 amide bonds. The van der Waals surface area contributed by atoms with Gasteiger partial charge in [-0.1, -0.05) is 130 Å². The zero-order valence-electron chi connectivity index (χ0n) is 19.8. The van der Waals surface area contributed by atoms with Crippen LogP contribution < -0.4 is 5.32 Å². The van der Waals surface area contributed by atoms with Gasteiger partial charge < -0.3 is 5.32 Å². The monoisotopic (exact) mass is 395 g/mol. The van der Waals surface area contributed by atoms with E-state index in [0.717, 1.165) is 12.8 Å². The minimum Gasteiger partial charge on any atom is -0.353 e. The zero-order chi connectivity index (χ0) is 20.7. The summed E-state index contributed by atoms with van der Waals surface area (Å²) in [6.45, 7) is 6.80. The topological polar surface area (TPSA) is 29.1 Å². The fourth-order valence-corrected chi connectivity index (χ4v) is 4.00. The molecule has 0 heterocycles. The molecule has 0 radical (unpaired) electrons. The van der Waals surface area contributed by atoms with E-state index in [4.69, 9.17) is 0 Å². The normalized spacial score (nSPS) is 11.3. The van der Waals surface area contributed by atoms with E-state index in [2.05, 4.69) is 26.1 Å². The number of hydrogen-bond donors (Lipinski definition) is 1. The molecule has 2 nitrogen and oxygen atoms in total. The van der Waals surface area contributed by atoms with Gasteiger partial charge in [0.05, 0.1) is 0 Å². The Labute approximate surface area is 178 Å². The van der Waals surface area contributed by atoms with Gasteiger partial charge in [-0.05, 0) is 19.3 Å². The van der Waals surface area contributed by atoms with Crippen LogP contribution in [0.5, 0.6) is 0 Å². The second kappa shape index (κ2) is 22.8. The molecule has 0 atom stereocenters. The molecule has 0 fully saturated rings. The molecule has 0 saturated carbocycles. The SMILES string of the molecule is CCCCCCCCC(=O)NC(CCCCCCCC)CCCCCCCC. The average molecular weight is 396 g/mol. The third-order valence-corrected chi connectivity index (χ3v) is 5.93. The van der Waals surface area contributed by atoms with E-state index in [0.29, 0.717) is 11.9 Å². The van der Waals surface area contributed by atoms with Gasteiger partial charge in [0, 0.05) is 12.5 Å². The van der Waals surface area contributed by atoms with Crippen molar-refractivity contribution in [1.82, 2.24) is 5.32 Å². The van der Waals surface area contributed by atoms with Crippen LogP contribution in [0.15, 0.2) is 0 Å². The molecule has 0 aromatic rings. The first-order valence-corrected chi connectivity index (χ1v) is 13.0. The molecule has 0 saturated heterocycles. The fraction of sp³-hybridized carbons (Fsp3) is 0.962. The van der Waals surface area contributed by atoms with E-state index in [1.165, 1.54) is 122 Å². The van der Waals surface area contributed by atoms with Crippen LogP contribution in [-0.4, -0.2) is 11.9 Å². The molecule has 2 heteroatoms. The third kappa shape index (κ3) is 20.2. The van der Waals surface area contributed by atoms with Crippen molar-refractivity contribution in [3.8, 4) is 0 Å². The van der Waals surface area contributed by atoms with E-state index in [-0.39, 0.29) is 0 Å². The minimum absolute atomic E-state index is 0.303. The molecule has 0 aromatic heterocycles. The lowest BCUT2D eigenvalue weighted by atomic mass is 9.99. The van der Waals surface area contributed by atoms with Crippen molar-refractivity contribution in [3.05, 3.63) is 0 Å². The molecule has 28 heavy (non-hydrogen) atoms. The highest BCUT2D eigenvalue weighted by Crippen LogP contribution is 2.15. The van der Waals surface area contributed by atoms with Gasteiger partial charge in [0.1, 0.15) is 0 Å². The minimum atomic E-state index is 0.303. The van der Waals surface area contributed by atoms with E-state index < -0.39 is 0 Å². The van der Waals surface area contributed by atoms with Gasteiger partial charge in [-0.25, -0.2) is 0 Å². The number of amides is 1. The Balaban J connectivity index is 3.99. The summed E-state index contributed by atoms with van der Waals surface area (Å²) in [5.74, 6) is 0.303. The van der Waals surface area contributed by atoms with Crippen molar-refractivity contribution in [2.45, 2.75) is 162 Å². The summed E-state index contributed by atoms with van der Waals surface area (Å²) in [6.07, 6.45) is 26.7. The van der Waals surface area contributed by atoms with E-state index in [9.17, 15) is 4.79 Å². The lowest BCUT2D eigenvalue weighted by molar-refractivity contribution is -0.122. The highest BCUT2D eigenvalue weighted by atomic mass is 16.1. The maximum Gasteiger partial charge on any atom is 0.220 e. The van der Waals surface area contributed by atoms with Gasteiger partial charge in [-0.15, -0.1) is 0 Å². The summed E-state index contributed by atoms with van der Waals surface area (Å²) in [7, 11) is 0. The van der Waals surface area contributed by atoms with Crippen molar-refractivity contribution in [3.63, 3.8) is 0 Å². The maximum atomic E-state index is 12.4. The first-order valence-electron chi connectivity index (χ1n) is 13.0. The molecule has 0 aliphatic rings. The van der Waals surface area contributed by atoms with Crippen LogP contribution in [-0.2, 0) is 4.79 Å². The van der Waals surface area contributed by atoms with Crippen molar-refractivity contribution in [1.29, 1.82) is 0 Å². The largest absolute Gasteiger partial charge is 0.353 e. The Morgan fingerprint density at radius 2 is 0.893 bits per heavy atom. The zero-order valence-corrected chi connectivity index (χ0v) is 19.8. The summed E-state index contributed by atoms with van der Waals surface area (Å²) < 4.78 is 0. The fourth-order valence-electron chi connectivity index (χ4n) is 4.00. The van der Waals surface area contributed by atoms with Crippen molar-refractivity contribution in [2.75, 3.05) is 0 Å². The molecule has 0 aliphatic heterocycles. The molecular weight excluding hydrogens is 342 g/mol. The number of rotatable bonds is 22. The van der Waals surface area contributed by atoms with Gasteiger partial charge >= 0.3 is 0 Å². The summed E-state index contributed by atoms with van der Waals surface area (Å²) in [6, 6.07) is 0.421. The van der Waals surface area contributed by atoms with Crippen LogP contribution in [0.2, 0.25) is 0 Å². The predicted molar refractivity (Wildman–Crippen MR) is 126 cm³/mol. The maximum absolute atomic E-state index is 12.4. The number of carbonyl (C=O) groups is 1.